The molecule has 8 nitrogen and oxygen atoms in total. The number of aromatic nitrogens is 1. The Labute approximate surface area is 198 Å². The van der Waals surface area contributed by atoms with Gasteiger partial charge in [-0.2, -0.15) is 13.2 Å². The number of methoxy groups -OCH3 is 1. The fourth-order valence-corrected chi connectivity index (χ4v) is 4.39. The predicted molar refractivity (Wildman–Crippen MR) is 118 cm³/mol. The minimum Gasteiger partial charge on any atom is -0.475 e. The van der Waals surface area contributed by atoms with Crippen LogP contribution in [0.2, 0.25) is 0 Å². The van der Waals surface area contributed by atoms with E-state index >= 15 is 0 Å². The lowest BCUT2D eigenvalue weighted by molar-refractivity contribution is -0.192. The van der Waals surface area contributed by atoms with Crippen molar-refractivity contribution in [2.45, 2.75) is 43.9 Å². The second-order valence-electron chi connectivity index (χ2n) is 8.90. The van der Waals surface area contributed by atoms with Gasteiger partial charge >= 0.3 is 12.1 Å². The largest absolute Gasteiger partial charge is 0.490 e. The van der Waals surface area contributed by atoms with Crippen molar-refractivity contribution < 1.29 is 37.3 Å². The van der Waals surface area contributed by atoms with E-state index < -0.39 is 12.1 Å². The van der Waals surface area contributed by atoms with E-state index in [9.17, 15) is 18.0 Å². The number of rotatable bonds is 8. The van der Waals surface area contributed by atoms with Crippen LogP contribution in [0.1, 0.15) is 31.2 Å². The highest BCUT2D eigenvalue weighted by Gasteiger charge is 2.44. The monoisotopic (exact) mass is 489 g/mol. The van der Waals surface area contributed by atoms with Crippen molar-refractivity contribution in [3.8, 4) is 0 Å². The van der Waals surface area contributed by atoms with Gasteiger partial charge in [-0.3, -0.25) is 9.78 Å². The van der Waals surface area contributed by atoms with Gasteiger partial charge in [-0.05, 0) is 50.3 Å². The first-order valence-electron chi connectivity index (χ1n) is 11.3. The molecule has 2 atom stereocenters. The topological polar surface area (TPSA) is 92.2 Å². The maximum absolute atomic E-state index is 12.7. The van der Waals surface area contributed by atoms with Gasteiger partial charge in [0.15, 0.2) is 0 Å². The third-order valence-electron chi connectivity index (χ3n) is 6.02. The van der Waals surface area contributed by atoms with Crippen molar-refractivity contribution in [3.63, 3.8) is 0 Å². The number of halogens is 3. The highest BCUT2D eigenvalue weighted by Crippen LogP contribution is 2.37. The van der Waals surface area contributed by atoms with Gasteiger partial charge in [0, 0.05) is 52.1 Å². The second kappa shape index (κ2) is 13.0. The zero-order valence-corrected chi connectivity index (χ0v) is 19.7. The SMILES string of the molecule is COCCN(C)CC1COC2(CCCN(C(=O)CCc3cccnc3)C2)C1.O=C(O)C(F)(F)F. The summed E-state index contributed by atoms with van der Waals surface area (Å²) in [7, 11) is 3.88. The molecule has 3 rings (SSSR count). The number of alkyl halides is 3. The van der Waals surface area contributed by atoms with Gasteiger partial charge in [0.2, 0.25) is 5.91 Å². The van der Waals surface area contributed by atoms with Crippen LogP contribution in [0, 0.1) is 5.92 Å². The molecule has 2 aliphatic heterocycles. The number of carbonyl (C=O) groups is 2. The summed E-state index contributed by atoms with van der Waals surface area (Å²) in [6.45, 7) is 5.13. The Kier molecular flexibility index (Phi) is 10.7. The van der Waals surface area contributed by atoms with E-state index in [4.69, 9.17) is 19.4 Å². The zero-order chi connectivity index (χ0) is 25.2. The molecule has 1 aromatic rings. The Morgan fingerprint density at radius 2 is 2.15 bits per heavy atom. The van der Waals surface area contributed by atoms with Gasteiger partial charge in [0.25, 0.3) is 0 Å². The molecule has 2 unspecified atom stereocenters. The van der Waals surface area contributed by atoms with Gasteiger partial charge in [0.05, 0.1) is 18.8 Å². The average Bonchev–Trinajstić information content (AvgIpc) is 3.17. The molecule has 1 amide bonds. The van der Waals surface area contributed by atoms with Crippen LogP contribution in [0.15, 0.2) is 24.5 Å². The number of aryl methyl sites for hydroxylation is 1. The normalized spacial score (nSPS) is 22.5. The standard InChI is InChI=1S/C21H33N3O3.C2HF3O2/c1-23(11-12-26-2)15-19-13-21(27-16-19)8-4-10-24(17-21)20(25)7-6-18-5-3-9-22-14-18;3-2(4,5)1(6)7/h3,5,9,14,19H,4,6-8,10-13,15-17H2,1-2H3;(H,6,7). The van der Waals surface area contributed by atoms with Crippen molar-refractivity contribution in [2.24, 2.45) is 5.92 Å². The molecule has 1 spiro atoms. The second-order valence-corrected chi connectivity index (χ2v) is 8.90. The van der Waals surface area contributed by atoms with Crippen LogP contribution >= 0.6 is 0 Å². The fourth-order valence-electron chi connectivity index (χ4n) is 4.39. The summed E-state index contributed by atoms with van der Waals surface area (Å²) in [5.41, 5.74) is 0.989. The minimum atomic E-state index is -5.08. The molecule has 0 bridgehead atoms. The fraction of sp³-hybridized carbons (Fsp3) is 0.696. The molecule has 2 fully saturated rings. The van der Waals surface area contributed by atoms with Crippen molar-refractivity contribution in [1.29, 1.82) is 0 Å². The number of carboxylic acids is 1. The molecule has 1 N–H and O–H groups in total. The maximum atomic E-state index is 12.7. The summed E-state index contributed by atoms with van der Waals surface area (Å²) < 4.78 is 43.2. The number of pyridine rings is 1. The van der Waals surface area contributed by atoms with E-state index in [2.05, 4.69) is 16.9 Å². The highest BCUT2D eigenvalue weighted by atomic mass is 19.4. The smallest absolute Gasteiger partial charge is 0.475 e. The molecular formula is C23H34F3N3O5. The molecular weight excluding hydrogens is 455 g/mol. The number of hydrogen-bond acceptors (Lipinski definition) is 6. The lowest BCUT2D eigenvalue weighted by Crippen LogP contribution is -2.50. The molecule has 2 aliphatic rings. The third-order valence-corrected chi connectivity index (χ3v) is 6.02. The Bertz CT molecular complexity index is 781. The summed E-state index contributed by atoms with van der Waals surface area (Å²) in [5, 5.41) is 7.12. The first kappa shape index (κ1) is 28.0. The summed E-state index contributed by atoms with van der Waals surface area (Å²) in [5.74, 6) is -1.98. The van der Waals surface area contributed by atoms with Crippen LogP contribution in [0.4, 0.5) is 13.2 Å². The van der Waals surface area contributed by atoms with Crippen LogP contribution in [0.5, 0.6) is 0 Å². The van der Waals surface area contributed by atoms with Crippen molar-refractivity contribution >= 4 is 11.9 Å². The number of carbonyl (C=O) groups excluding carboxylic acids is 1. The molecule has 192 valence electrons. The lowest BCUT2D eigenvalue weighted by Gasteiger charge is -2.40. The van der Waals surface area contributed by atoms with Crippen molar-refractivity contribution in [3.05, 3.63) is 30.1 Å². The number of nitrogens with zero attached hydrogens (tertiary/aromatic N) is 3. The van der Waals surface area contributed by atoms with Gasteiger partial charge in [-0.1, -0.05) is 6.07 Å². The summed E-state index contributed by atoms with van der Waals surface area (Å²) >= 11 is 0. The Balaban J connectivity index is 0.000000509. The third kappa shape index (κ3) is 9.19. The Morgan fingerprint density at radius 3 is 2.76 bits per heavy atom. The molecule has 2 saturated heterocycles. The molecule has 0 aromatic carbocycles. The van der Waals surface area contributed by atoms with Crippen LogP contribution in [-0.2, 0) is 25.5 Å². The zero-order valence-electron chi connectivity index (χ0n) is 19.7. The lowest BCUT2D eigenvalue weighted by atomic mass is 9.86. The minimum absolute atomic E-state index is 0.130. The van der Waals surface area contributed by atoms with E-state index in [1.54, 1.807) is 13.3 Å². The van der Waals surface area contributed by atoms with Crippen molar-refractivity contribution in [1.82, 2.24) is 14.8 Å². The Hall–Kier alpha value is -2.24. The summed E-state index contributed by atoms with van der Waals surface area (Å²) in [6.07, 6.45) is 2.98. The quantitative estimate of drug-likeness (QED) is 0.600. The maximum Gasteiger partial charge on any atom is 0.490 e. The van der Waals surface area contributed by atoms with Gasteiger partial charge < -0.3 is 24.4 Å². The number of likely N-dealkylation sites (N-methyl/N-ethyl adjacent to an activating group) is 1. The molecule has 1 aromatic heterocycles. The number of ether oxygens (including phenoxy) is 2. The molecule has 3 heterocycles. The number of hydrogen-bond donors (Lipinski definition) is 1. The number of amides is 1. The summed E-state index contributed by atoms with van der Waals surface area (Å²) in [4.78, 5) is 30.1. The number of piperidine rings is 1. The predicted octanol–water partition coefficient (Wildman–Crippen LogP) is 2.62. The molecule has 0 saturated carbocycles. The molecule has 34 heavy (non-hydrogen) atoms. The number of carboxylic acid groups (broad SMARTS) is 1. The van der Waals surface area contributed by atoms with E-state index in [0.29, 0.717) is 12.3 Å². The molecule has 0 radical (unpaired) electrons. The van der Waals surface area contributed by atoms with E-state index in [1.165, 1.54) is 0 Å². The van der Waals surface area contributed by atoms with Crippen LogP contribution in [-0.4, -0.2) is 97.1 Å². The number of aliphatic carboxylic acids is 1. The van der Waals surface area contributed by atoms with E-state index in [-0.39, 0.29) is 11.5 Å². The Morgan fingerprint density at radius 1 is 1.41 bits per heavy atom. The van der Waals surface area contributed by atoms with Crippen molar-refractivity contribution in [2.75, 3.05) is 53.6 Å². The average molecular weight is 490 g/mol. The first-order valence-corrected chi connectivity index (χ1v) is 11.3. The van der Waals surface area contributed by atoms with E-state index in [1.807, 2.05) is 23.2 Å². The van der Waals surface area contributed by atoms with Crippen LogP contribution < -0.4 is 0 Å². The molecule has 0 aliphatic carbocycles. The molecule has 11 heteroatoms. The van der Waals surface area contributed by atoms with E-state index in [0.717, 1.165) is 70.6 Å². The van der Waals surface area contributed by atoms with Gasteiger partial charge in [-0.15, -0.1) is 0 Å². The highest BCUT2D eigenvalue weighted by molar-refractivity contribution is 5.76. The van der Waals surface area contributed by atoms with Crippen LogP contribution in [0.25, 0.3) is 0 Å². The number of likely N-dealkylation sites (tertiary alicyclic amines) is 1. The van der Waals surface area contributed by atoms with Gasteiger partial charge in [0.1, 0.15) is 0 Å². The summed E-state index contributed by atoms with van der Waals surface area (Å²) in [6, 6.07) is 3.95. The first-order chi connectivity index (χ1) is 16.0. The van der Waals surface area contributed by atoms with Gasteiger partial charge in [-0.25, -0.2) is 4.79 Å². The van der Waals surface area contributed by atoms with Crippen LogP contribution in [0.3, 0.4) is 0 Å².